The number of carbonyl (C=O) groups excluding carboxylic acids is 1. The monoisotopic (exact) mass is 252 g/mol. The Morgan fingerprint density at radius 2 is 2.24 bits per heavy atom. The van der Waals surface area contributed by atoms with E-state index in [4.69, 9.17) is 5.73 Å². The first-order valence-corrected chi connectivity index (χ1v) is 6.75. The van der Waals surface area contributed by atoms with Crippen LogP contribution in [0, 0.1) is 0 Å². The van der Waals surface area contributed by atoms with E-state index in [9.17, 15) is 4.79 Å². The highest BCUT2D eigenvalue weighted by Crippen LogP contribution is 2.21. The smallest absolute Gasteiger partial charge is 0.232 e. The second-order valence-corrected chi connectivity index (χ2v) is 5.11. The molecule has 0 saturated carbocycles. The van der Waals surface area contributed by atoms with Crippen LogP contribution in [0.15, 0.2) is 29.2 Å². The predicted octanol–water partition coefficient (Wildman–Crippen LogP) is 2.28. The van der Waals surface area contributed by atoms with E-state index in [0.717, 1.165) is 17.0 Å². The van der Waals surface area contributed by atoms with Gasteiger partial charge in [0.2, 0.25) is 5.91 Å². The van der Waals surface area contributed by atoms with Gasteiger partial charge in [0.15, 0.2) is 0 Å². The van der Waals surface area contributed by atoms with E-state index in [-0.39, 0.29) is 11.9 Å². The van der Waals surface area contributed by atoms with Crippen molar-refractivity contribution < 1.29 is 4.79 Å². The van der Waals surface area contributed by atoms with E-state index in [2.05, 4.69) is 6.07 Å². The fourth-order valence-corrected chi connectivity index (χ4v) is 2.22. The third-order valence-corrected chi connectivity index (χ3v) is 3.62. The van der Waals surface area contributed by atoms with Crippen molar-refractivity contribution in [3.05, 3.63) is 29.8 Å². The summed E-state index contributed by atoms with van der Waals surface area (Å²) in [5.74, 6) is 0.635. The zero-order chi connectivity index (χ0) is 12.8. The van der Waals surface area contributed by atoms with Crippen molar-refractivity contribution in [1.29, 1.82) is 0 Å². The summed E-state index contributed by atoms with van der Waals surface area (Å²) in [4.78, 5) is 14.5. The summed E-state index contributed by atoms with van der Waals surface area (Å²) >= 11 is 1.56. The lowest BCUT2D eigenvalue weighted by molar-refractivity contribution is -0.126. The van der Waals surface area contributed by atoms with Crippen molar-refractivity contribution in [1.82, 2.24) is 4.90 Å². The van der Waals surface area contributed by atoms with Gasteiger partial charge in [0.05, 0.1) is 5.75 Å². The highest BCUT2D eigenvalue weighted by Gasteiger charge is 2.07. The SMILES string of the molecule is CCN(C)C(=O)CSc1cccc(C(C)N)c1. The lowest BCUT2D eigenvalue weighted by atomic mass is 10.1. The van der Waals surface area contributed by atoms with Gasteiger partial charge in [-0.15, -0.1) is 11.8 Å². The van der Waals surface area contributed by atoms with E-state index in [1.54, 1.807) is 16.7 Å². The third-order valence-electron chi connectivity index (χ3n) is 2.65. The molecule has 1 rings (SSSR count). The van der Waals surface area contributed by atoms with Crippen molar-refractivity contribution in [2.45, 2.75) is 24.8 Å². The van der Waals surface area contributed by atoms with Gasteiger partial charge >= 0.3 is 0 Å². The fraction of sp³-hybridized carbons (Fsp3) is 0.462. The first kappa shape index (κ1) is 14.1. The minimum absolute atomic E-state index is 0.0320. The maximum atomic E-state index is 11.6. The van der Waals surface area contributed by atoms with Gasteiger partial charge < -0.3 is 10.6 Å². The molecule has 0 heterocycles. The van der Waals surface area contributed by atoms with Gasteiger partial charge in [0.1, 0.15) is 0 Å². The molecule has 1 aromatic carbocycles. The molecule has 0 aromatic heterocycles. The number of rotatable bonds is 5. The normalized spacial score (nSPS) is 12.2. The molecule has 94 valence electrons. The number of benzene rings is 1. The summed E-state index contributed by atoms with van der Waals surface area (Å²) in [6.45, 7) is 4.68. The van der Waals surface area contributed by atoms with Crippen molar-refractivity contribution in [2.24, 2.45) is 5.73 Å². The maximum Gasteiger partial charge on any atom is 0.232 e. The Labute approximate surface area is 107 Å². The molecule has 0 bridgehead atoms. The third kappa shape index (κ3) is 4.40. The van der Waals surface area contributed by atoms with Gasteiger partial charge in [-0.1, -0.05) is 12.1 Å². The Morgan fingerprint density at radius 3 is 2.82 bits per heavy atom. The quantitative estimate of drug-likeness (QED) is 0.818. The second-order valence-electron chi connectivity index (χ2n) is 4.06. The molecule has 0 aliphatic rings. The summed E-state index contributed by atoms with van der Waals surface area (Å²) in [6, 6.07) is 8.08. The number of hydrogen-bond acceptors (Lipinski definition) is 3. The van der Waals surface area contributed by atoms with Gasteiger partial charge in [-0.25, -0.2) is 0 Å². The zero-order valence-electron chi connectivity index (χ0n) is 10.6. The second kappa shape index (κ2) is 6.67. The Morgan fingerprint density at radius 1 is 1.53 bits per heavy atom. The Kier molecular flexibility index (Phi) is 5.51. The molecule has 1 amide bonds. The topological polar surface area (TPSA) is 46.3 Å². The van der Waals surface area contributed by atoms with Crippen LogP contribution in [0.5, 0.6) is 0 Å². The minimum atomic E-state index is 0.0320. The van der Waals surface area contributed by atoms with Crippen LogP contribution in [0.1, 0.15) is 25.5 Å². The van der Waals surface area contributed by atoms with Crippen LogP contribution in [0.2, 0.25) is 0 Å². The van der Waals surface area contributed by atoms with E-state index >= 15 is 0 Å². The van der Waals surface area contributed by atoms with Crippen LogP contribution < -0.4 is 5.73 Å². The van der Waals surface area contributed by atoms with Crippen LogP contribution >= 0.6 is 11.8 Å². The number of hydrogen-bond donors (Lipinski definition) is 1. The molecule has 1 aromatic rings. The zero-order valence-corrected chi connectivity index (χ0v) is 11.5. The van der Waals surface area contributed by atoms with Crippen LogP contribution in [0.25, 0.3) is 0 Å². The Balaban J connectivity index is 2.57. The molecule has 0 aliphatic carbocycles. The number of carbonyl (C=O) groups is 1. The molecular weight excluding hydrogens is 232 g/mol. The number of amides is 1. The first-order valence-electron chi connectivity index (χ1n) is 5.77. The molecule has 0 saturated heterocycles. The number of thioether (sulfide) groups is 1. The molecule has 17 heavy (non-hydrogen) atoms. The molecular formula is C13H20N2OS. The number of nitrogens with zero attached hydrogens (tertiary/aromatic N) is 1. The van der Waals surface area contributed by atoms with Crippen LogP contribution in [0.3, 0.4) is 0 Å². The predicted molar refractivity (Wildman–Crippen MR) is 73.1 cm³/mol. The van der Waals surface area contributed by atoms with Gasteiger partial charge in [-0.2, -0.15) is 0 Å². The average Bonchev–Trinajstić information content (AvgIpc) is 2.35. The molecule has 1 unspecified atom stereocenters. The van der Waals surface area contributed by atoms with E-state index in [0.29, 0.717) is 5.75 Å². The molecule has 1 atom stereocenters. The van der Waals surface area contributed by atoms with Gasteiger partial charge in [0.25, 0.3) is 0 Å². The highest BCUT2D eigenvalue weighted by atomic mass is 32.2. The lowest BCUT2D eigenvalue weighted by Crippen LogP contribution is -2.27. The molecule has 4 heteroatoms. The van der Waals surface area contributed by atoms with Crippen LogP contribution in [-0.2, 0) is 4.79 Å². The maximum absolute atomic E-state index is 11.6. The fourth-order valence-electron chi connectivity index (χ4n) is 1.32. The van der Waals surface area contributed by atoms with Crippen molar-refractivity contribution in [3.8, 4) is 0 Å². The Bertz CT molecular complexity index is 379. The minimum Gasteiger partial charge on any atom is -0.345 e. The van der Waals surface area contributed by atoms with E-state index < -0.39 is 0 Å². The summed E-state index contributed by atoms with van der Waals surface area (Å²) < 4.78 is 0. The Hall–Kier alpha value is -1.00. The molecule has 2 N–H and O–H groups in total. The molecule has 0 fully saturated rings. The van der Waals surface area contributed by atoms with Gasteiger partial charge in [-0.05, 0) is 31.5 Å². The van der Waals surface area contributed by atoms with E-state index in [1.807, 2.05) is 39.1 Å². The molecule has 0 aliphatic heterocycles. The van der Waals surface area contributed by atoms with Gasteiger partial charge in [-0.3, -0.25) is 4.79 Å². The first-order chi connectivity index (χ1) is 8.04. The van der Waals surface area contributed by atoms with Crippen molar-refractivity contribution >= 4 is 17.7 Å². The summed E-state index contributed by atoms with van der Waals surface area (Å²) in [6.07, 6.45) is 0. The largest absolute Gasteiger partial charge is 0.345 e. The highest BCUT2D eigenvalue weighted by molar-refractivity contribution is 8.00. The summed E-state index contributed by atoms with van der Waals surface area (Å²) in [5, 5.41) is 0. The van der Waals surface area contributed by atoms with Crippen molar-refractivity contribution in [3.63, 3.8) is 0 Å². The number of nitrogens with two attached hydrogens (primary N) is 1. The summed E-state index contributed by atoms with van der Waals surface area (Å²) in [5.41, 5.74) is 6.93. The van der Waals surface area contributed by atoms with Crippen LogP contribution in [-0.4, -0.2) is 30.2 Å². The van der Waals surface area contributed by atoms with E-state index in [1.165, 1.54) is 0 Å². The average molecular weight is 252 g/mol. The van der Waals surface area contributed by atoms with Crippen LogP contribution in [0.4, 0.5) is 0 Å². The molecule has 3 nitrogen and oxygen atoms in total. The van der Waals surface area contributed by atoms with Gasteiger partial charge in [0, 0.05) is 24.5 Å². The lowest BCUT2D eigenvalue weighted by Gasteiger charge is -2.14. The molecule has 0 radical (unpaired) electrons. The standard InChI is InChI=1S/C13H20N2OS/c1-4-15(3)13(16)9-17-12-7-5-6-11(8-12)10(2)14/h5-8,10H,4,9,14H2,1-3H3. The summed E-state index contributed by atoms with van der Waals surface area (Å²) in [7, 11) is 1.82. The molecule has 0 spiro atoms. The van der Waals surface area contributed by atoms with Crippen molar-refractivity contribution in [2.75, 3.05) is 19.3 Å².